The maximum absolute atomic E-state index is 12.6. The number of aryl methyl sites for hydroxylation is 1. The maximum atomic E-state index is 12.6. The van der Waals surface area contributed by atoms with E-state index < -0.39 is 0 Å². The zero-order valence-corrected chi connectivity index (χ0v) is 14.9. The molecule has 2 aromatic carbocycles. The van der Waals surface area contributed by atoms with E-state index in [9.17, 15) is 4.79 Å². The minimum Gasteiger partial charge on any atom is -0.289 e. The summed E-state index contributed by atoms with van der Waals surface area (Å²) in [6, 6.07) is 11.7. The molecule has 20 heavy (non-hydrogen) atoms. The Bertz CT molecular complexity index is 643. The standard InChI is InChI=1S/C17H16Br2O/c1-10(2)12-4-6-13(7-5-12)17(20)14-9-15(18)11(3)8-16(14)19/h4-10H,1-3H3. The van der Waals surface area contributed by atoms with Crippen LogP contribution in [0.25, 0.3) is 0 Å². The van der Waals surface area contributed by atoms with E-state index >= 15 is 0 Å². The third-order valence-corrected chi connectivity index (χ3v) is 4.84. The lowest BCUT2D eigenvalue weighted by molar-refractivity contribution is 0.103. The molecule has 0 atom stereocenters. The van der Waals surface area contributed by atoms with Gasteiger partial charge in [0, 0.05) is 20.1 Å². The average molecular weight is 396 g/mol. The fourth-order valence-corrected chi connectivity index (χ4v) is 2.98. The molecule has 0 amide bonds. The summed E-state index contributed by atoms with van der Waals surface area (Å²) < 4.78 is 1.78. The van der Waals surface area contributed by atoms with Crippen molar-refractivity contribution in [1.29, 1.82) is 0 Å². The van der Waals surface area contributed by atoms with Crippen LogP contribution in [0.1, 0.15) is 46.8 Å². The molecule has 0 unspecified atom stereocenters. The van der Waals surface area contributed by atoms with Crippen LogP contribution in [0.15, 0.2) is 45.3 Å². The monoisotopic (exact) mass is 394 g/mol. The number of ketones is 1. The van der Waals surface area contributed by atoms with Crippen molar-refractivity contribution in [2.24, 2.45) is 0 Å². The van der Waals surface area contributed by atoms with Crippen molar-refractivity contribution in [3.8, 4) is 0 Å². The van der Waals surface area contributed by atoms with Gasteiger partial charge in [0.05, 0.1) is 0 Å². The quantitative estimate of drug-likeness (QED) is 0.593. The summed E-state index contributed by atoms with van der Waals surface area (Å²) >= 11 is 6.95. The first-order valence-electron chi connectivity index (χ1n) is 6.50. The van der Waals surface area contributed by atoms with Crippen molar-refractivity contribution in [3.63, 3.8) is 0 Å². The van der Waals surface area contributed by atoms with Crippen LogP contribution >= 0.6 is 31.9 Å². The Kier molecular flexibility index (Phi) is 4.82. The Morgan fingerprint density at radius 3 is 2.15 bits per heavy atom. The molecule has 0 aromatic heterocycles. The van der Waals surface area contributed by atoms with E-state index in [0.717, 1.165) is 14.5 Å². The molecule has 0 aliphatic heterocycles. The predicted octanol–water partition coefficient (Wildman–Crippen LogP) is 5.87. The molecule has 2 aromatic rings. The van der Waals surface area contributed by atoms with Gasteiger partial charge in [-0.25, -0.2) is 0 Å². The fourth-order valence-electron chi connectivity index (χ4n) is 2.00. The van der Waals surface area contributed by atoms with Crippen molar-refractivity contribution in [2.45, 2.75) is 26.7 Å². The molecule has 0 aliphatic carbocycles. The molecule has 1 nitrogen and oxygen atoms in total. The van der Waals surface area contributed by atoms with Crippen LogP contribution in [0.4, 0.5) is 0 Å². The first-order valence-corrected chi connectivity index (χ1v) is 8.09. The highest BCUT2D eigenvalue weighted by atomic mass is 79.9. The topological polar surface area (TPSA) is 17.1 Å². The summed E-state index contributed by atoms with van der Waals surface area (Å²) in [6.07, 6.45) is 0. The summed E-state index contributed by atoms with van der Waals surface area (Å²) in [5.41, 5.74) is 3.74. The molecule has 0 saturated carbocycles. The summed E-state index contributed by atoms with van der Waals surface area (Å²) in [7, 11) is 0. The lowest BCUT2D eigenvalue weighted by Gasteiger charge is -2.09. The van der Waals surface area contributed by atoms with E-state index in [1.807, 2.05) is 43.3 Å². The Balaban J connectivity index is 2.38. The van der Waals surface area contributed by atoms with Gasteiger partial charge in [0.15, 0.2) is 5.78 Å². The van der Waals surface area contributed by atoms with Crippen LogP contribution in [-0.4, -0.2) is 5.78 Å². The molecule has 0 radical (unpaired) electrons. The van der Waals surface area contributed by atoms with Gasteiger partial charge in [-0.2, -0.15) is 0 Å². The zero-order chi connectivity index (χ0) is 14.9. The van der Waals surface area contributed by atoms with Gasteiger partial charge >= 0.3 is 0 Å². The molecular weight excluding hydrogens is 380 g/mol. The Hall–Kier alpha value is -0.930. The number of hydrogen-bond donors (Lipinski definition) is 0. The summed E-state index contributed by atoms with van der Waals surface area (Å²) in [4.78, 5) is 12.6. The lowest BCUT2D eigenvalue weighted by Crippen LogP contribution is -2.03. The van der Waals surface area contributed by atoms with Gasteiger partial charge in [-0.05, 0) is 36.1 Å². The summed E-state index contributed by atoms with van der Waals surface area (Å²) in [5.74, 6) is 0.507. The zero-order valence-electron chi connectivity index (χ0n) is 11.7. The predicted molar refractivity (Wildman–Crippen MR) is 90.5 cm³/mol. The van der Waals surface area contributed by atoms with Gasteiger partial charge in [-0.3, -0.25) is 4.79 Å². The summed E-state index contributed by atoms with van der Waals surface area (Å²) in [6.45, 7) is 6.29. The number of halogens is 2. The molecule has 0 aliphatic rings. The number of rotatable bonds is 3. The highest BCUT2D eigenvalue weighted by Crippen LogP contribution is 2.27. The van der Waals surface area contributed by atoms with Gasteiger partial charge in [0.1, 0.15) is 0 Å². The lowest BCUT2D eigenvalue weighted by atomic mass is 9.98. The van der Waals surface area contributed by atoms with Gasteiger partial charge < -0.3 is 0 Å². The van der Waals surface area contributed by atoms with E-state index in [4.69, 9.17) is 0 Å². The number of carbonyl (C=O) groups is 1. The van der Waals surface area contributed by atoms with Crippen molar-refractivity contribution >= 4 is 37.6 Å². The molecule has 0 spiro atoms. The fraction of sp³-hybridized carbons (Fsp3) is 0.235. The number of carbonyl (C=O) groups excluding carboxylic acids is 1. The third-order valence-electron chi connectivity index (χ3n) is 3.33. The van der Waals surface area contributed by atoms with Crippen LogP contribution < -0.4 is 0 Å². The maximum Gasteiger partial charge on any atom is 0.194 e. The smallest absolute Gasteiger partial charge is 0.194 e. The van der Waals surface area contributed by atoms with Crippen LogP contribution in [0.5, 0.6) is 0 Å². The largest absolute Gasteiger partial charge is 0.289 e. The second-order valence-electron chi connectivity index (χ2n) is 5.19. The minimum atomic E-state index is 0.0351. The first kappa shape index (κ1) is 15.5. The first-order chi connectivity index (χ1) is 9.40. The molecule has 3 heteroatoms. The van der Waals surface area contributed by atoms with Crippen molar-refractivity contribution < 1.29 is 4.79 Å². The van der Waals surface area contributed by atoms with E-state index in [2.05, 4.69) is 45.7 Å². The van der Waals surface area contributed by atoms with Crippen LogP contribution in [-0.2, 0) is 0 Å². The van der Waals surface area contributed by atoms with E-state index in [0.29, 0.717) is 17.0 Å². The van der Waals surface area contributed by atoms with E-state index in [1.165, 1.54) is 5.56 Å². The van der Waals surface area contributed by atoms with Crippen molar-refractivity contribution in [3.05, 3.63) is 67.6 Å². The van der Waals surface area contributed by atoms with Gasteiger partial charge in [-0.15, -0.1) is 0 Å². The van der Waals surface area contributed by atoms with E-state index in [-0.39, 0.29) is 5.78 Å². The average Bonchev–Trinajstić information content (AvgIpc) is 2.42. The Morgan fingerprint density at radius 2 is 1.60 bits per heavy atom. The normalized spacial score (nSPS) is 10.9. The molecule has 0 saturated heterocycles. The van der Waals surface area contributed by atoms with Crippen LogP contribution in [0.2, 0.25) is 0 Å². The van der Waals surface area contributed by atoms with Crippen LogP contribution in [0, 0.1) is 6.92 Å². The highest BCUT2D eigenvalue weighted by molar-refractivity contribution is 9.11. The minimum absolute atomic E-state index is 0.0351. The summed E-state index contributed by atoms with van der Waals surface area (Å²) in [5, 5.41) is 0. The van der Waals surface area contributed by atoms with Gasteiger partial charge in [0.25, 0.3) is 0 Å². The molecular formula is C17H16Br2O. The molecule has 104 valence electrons. The molecule has 0 N–H and O–H groups in total. The third kappa shape index (κ3) is 3.21. The van der Waals surface area contributed by atoms with Crippen molar-refractivity contribution in [1.82, 2.24) is 0 Å². The van der Waals surface area contributed by atoms with Crippen molar-refractivity contribution in [2.75, 3.05) is 0 Å². The SMILES string of the molecule is Cc1cc(Br)c(C(=O)c2ccc(C(C)C)cc2)cc1Br. The second-order valence-corrected chi connectivity index (χ2v) is 6.90. The van der Waals surface area contributed by atoms with Gasteiger partial charge in [-0.1, -0.05) is 70.0 Å². The van der Waals surface area contributed by atoms with E-state index in [1.54, 1.807) is 0 Å². The molecule has 0 heterocycles. The molecule has 0 fully saturated rings. The van der Waals surface area contributed by atoms with Gasteiger partial charge in [0.2, 0.25) is 0 Å². The molecule has 0 bridgehead atoms. The Morgan fingerprint density at radius 1 is 1.00 bits per heavy atom. The second kappa shape index (κ2) is 6.23. The van der Waals surface area contributed by atoms with Crippen LogP contribution in [0.3, 0.4) is 0 Å². The molecule has 2 rings (SSSR count). The number of hydrogen-bond acceptors (Lipinski definition) is 1. The number of benzene rings is 2. The highest BCUT2D eigenvalue weighted by Gasteiger charge is 2.14. The Labute approximate surface area is 136 Å².